The summed E-state index contributed by atoms with van der Waals surface area (Å²) in [7, 11) is 0. The highest BCUT2D eigenvalue weighted by molar-refractivity contribution is 5.95. The number of fused-ring (bicyclic) bond motifs is 5. The van der Waals surface area contributed by atoms with Gasteiger partial charge in [0.05, 0.1) is 17.8 Å². The summed E-state index contributed by atoms with van der Waals surface area (Å²) >= 11 is 0. The van der Waals surface area contributed by atoms with E-state index in [0.717, 1.165) is 18.4 Å². The maximum absolute atomic E-state index is 12.9. The van der Waals surface area contributed by atoms with Crippen LogP contribution in [0, 0.1) is 28.6 Å². The van der Waals surface area contributed by atoms with Gasteiger partial charge in [0.25, 0.3) is 0 Å². The van der Waals surface area contributed by atoms with Gasteiger partial charge in [-0.3, -0.25) is 9.59 Å². The van der Waals surface area contributed by atoms with Gasteiger partial charge >= 0.3 is 0 Å². The van der Waals surface area contributed by atoms with Crippen LogP contribution in [0.2, 0.25) is 0 Å². The summed E-state index contributed by atoms with van der Waals surface area (Å²) < 4.78 is 0. The molecule has 4 rings (SSSR count). The van der Waals surface area contributed by atoms with E-state index in [2.05, 4.69) is 0 Å². The average molecular weight is 362 g/mol. The molecular formula is C21H30O5. The van der Waals surface area contributed by atoms with Gasteiger partial charge in [0, 0.05) is 17.3 Å². The van der Waals surface area contributed by atoms with E-state index < -0.39 is 28.6 Å². The van der Waals surface area contributed by atoms with E-state index in [-0.39, 0.29) is 35.7 Å². The highest BCUT2D eigenvalue weighted by Crippen LogP contribution is 2.67. The van der Waals surface area contributed by atoms with Crippen molar-refractivity contribution in [3.63, 3.8) is 0 Å². The van der Waals surface area contributed by atoms with Crippen molar-refractivity contribution in [1.29, 1.82) is 0 Å². The minimum Gasteiger partial charge on any atom is -0.390 e. The Morgan fingerprint density at radius 2 is 1.81 bits per heavy atom. The van der Waals surface area contributed by atoms with Crippen molar-refractivity contribution in [3.05, 3.63) is 11.6 Å². The second-order valence-electron chi connectivity index (χ2n) is 9.71. The van der Waals surface area contributed by atoms with Crippen LogP contribution < -0.4 is 0 Å². The number of carbonyl (C=O) groups excluding carboxylic acids is 2. The summed E-state index contributed by atoms with van der Waals surface area (Å²) in [5.41, 5.74) is -1.33. The van der Waals surface area contributed by atoms with E-state index in [1.54, 1.807) is 13.0 Å². The second kappa shape index (κ2) is 5.49. The molecule has 8 atom stereocenters. The van der Waals surface area contributed by atoms with Crippen molar-refractivity contribution in [2.45, 2.75) is 77.1 Å². The molecule has 26 heavy (non-hydrogen) atoms. The molecule has 4 aliphatic carbocycles. The zero-order chi connectivity index (χ0) is 19.1. The molecule has 3 N–H and O–H groups in total. The molecule has 0 aliphatic heterocycles. The number of hydrogen-bond acceptors (Lipinski definition) is 5. The molecule has 5 heteroatoms. The minimum atomic E-state index is -1.13. The monoisotopic (exact) mass is 362 g/mol. The fraction of sp³-hybridized carbons (Fsp3) is 0.810. The fourth-order valence-corrected chi connectivity index (χ4v) is 7.02. The number of carbonyl (C=O) groups is 2. The molecule has 0 aromatic rings. The van der Waals surface area contributed by atoms with Gasteiger partial charge in [-0.1, -0.05) is 13.8 Å². The smallest absolute Gasteiger partial charge is 0.159 e. The Balaban J connectivity index is 1.80. The van der Waals surface area contributed by atoms with E-state index in [1.807, 2.05) is 13.8 Å². The van der Waals surface area contributed by atoms with Crippen LogP contribution in [0.5, 0.6) is 0 Å². The van der Waals surface area contributed by atoms with Crippen molar-refractivity contribution in [2.24, 2.45) is 28.6 Å². The van der Waals surface area contributed by atoms with Gasteiger partial charge in [-0.05, 0) is 68.4 Å². The molecule has 5 nitrogen and oxygen atoms in total. The van der Waals surface area contributed by atoms with Crippen LogP contribution in [0.3, 0.4) is 0 Å². The lowest BCUT2D eigenvalue weighted by molar-refractivity contribution is -0.153. The maximum atomic E-state index is 12.9. The first-order chi connectivity index (χ1) is 12.0. The van der Waals surface area contributed by atoms with Crippen LogP contribution in [0.25, 0.3) is 0 Å². The third kappa shape index (κ3) is 2.08. The SMILES string of the molecule is CC(=O)[C@H]1CC[C@@]2(O)C3=CC(=O)[C@@H]4C[C@@H](O)[C@@H](O)C[C@]4(C)[C@H]3CC[C@]12C. The van der Waals surface area contributed by atoms with Crippen LogP contribution >= 0.6 is 0 Å². The molecular weight excluding hydrogens is 332 g/mol. The predicted octanol–water partition coefficient (Wildman–Crippen LogP) is 1.78. The molecule has 0 spiro atoms. The first-order valence-corrected chi connectivity index (χ1v) is 9.89. The van der Waals surface area contributed by atoms with Gasteiger partial charge in [0.1, 0.15) is 5.78 Å². The lowest BCUT2D eigenvalue weighted by Crippen LogP contribution is -2.60. The maximum Gasteiger partial charge on any atom is 0.159 e. The van der Waals surface area contributed by atoms with Crippen molar-refractivity contribution >= 4 is 11.6 Å². The third-order valence-electron chi connectivity index (χ3n) is 8.61. The Morgan fingerprint density at radius 3 is 2.46 bits per heavy atom. The fourth-order valence-electron chi connectivity index (χ4n) is 7.02. The van der Waals surface area contributed by atoms with Crippen molar-refractivity contribution in [2.75, 3.05) is 0 Å². The van der Waals surface area contributed by atoms with Crippen LogP contribution in [0.4, 0.5) is 0 Å². The summed E-state index contributed by atoms with van der Waals surface area (Å²) in [5, 5.41) is 32.1. The molecule has 0 radical (unpaired) electrons. The molecule has 0 bridgehead atoms. The molecule has 4 aliphatic rings. The number of aliphatic hydroxyl groups excluding tert-OH is 2. The van der Waals surface area contributed by atoms with Crippen molar-refractivity contribution in [1.82, 2.24) is 0 Å². The lowest BCUT2D eigenvalue weighted by atomic mass is 9.46. The number of rotatable bonds is 1. The highest BCUT2D eigenvalue weighted by Gasteiger charge is 2.67. The topological polar surface area (TPSA) is 94.8 Å². The van der Waals surface area contributed by atoms with E-state index in [4.69, 9.17) is 0 Å². The number of allylic oxidation sites excluding steroid dienone is 1. The van der Waals surface area contributed by atoms with E-state index >= 15 is 0 Å². The summed E-state index contributed by atoms with van der Waals surface area (Å²) in [5.74, 6) is -0.406. The number of Topliss-reactive ketones (excluding diaryl/α,β-unsaturated/α-hetero) is 1. The van der Waals surface area contributed by atoms with Crippen LogP contribution in [0.15, 0.2) is 11.6 Å². The Labute approximate surface area is 154 Å². The first-order valence-electron chi connectivity index (χ1n) is 9.89. The Kier molecular flexibility index (Phi) is 3.87. The van der Waals surface area contributed by atoms with Gasteiger partial charge in [-0.2, -0.15) is 0 Å². The normalized spacial score (nSPS) is 53.4. The van der Waals surface area contributed by atoms with Crippen LogP contribution in [-0.4, -0.2) is 44.7 Å². The minimum absolute atomic E-state index is 0.0103. The van der Waals surface area contributed by atoms with Gasteiger partial charge in [-0.15, -0.1) is 0 Å². The molecule has 0 unspecified atom stereocenters. The van der Waals surface area contributed by atoms with Crippen molar-refractivity contribution < 1.29 is 24.9 Å². The molecule has 3 fully saturated rings. The second-order valence-corrected chi connectivity index (χ2v) is 9.71. The van der Waals surface area contributed by atoms with Crippen molar-refractivity contribution in [3.8, 4) is 0 Å². The Morgan fingerprint density at radius 1 is 1.12 bits per heavy atom. The van der Waals surface area contributed by atoms with E-state index in [1.165, 1.54) is 0 Å². The van der Waals surface area contributed by atoms with Crippen LogP contribution in [-0.2, 0) is 9.59 Å². The average Bonchev–Trinajstić information content (AvgIpc) is 2.83. The molecule has 0 saturated heterocycles. The largest absolute Gasteiger partial charge is 0.390 e. The quantitative estimate of drug-likeness (QED) is 0.661. The van der Waals surface area contributed by atoms with E-state index in [0.29, 0.717) is 19.3 Å². The summed E-state index contributed by atoms with van der Waals surface area (Å²) in [6.07, 6.45) is 3.29. The van der Waals surface area contributed by atoms with E-state index in [9.17, 15) is 24.9 Å². The molecule has 0 aromatic heterocycles. The number of hydrogen-bond donors (Lipinski definition) is 3. The van der Waals surface area contributed by atoms with Gasteiger partial charge in [-0.25, -0.2) is 0 Å². The highest BCUT2D eigenvalue weighted by atomic mass is 16.3. The molecule has 144 valence electrons. The van der Waals surface area contributed by atoms with Gasteiger partial charge in [0.15, 0.2) is 5.78 Å². The lowest BCUT2D eigenvalue weighted by Gasteiger charge is -2.59. The molecule has 3 saturated carbocycles. The summed E-state index contributed by atoms with van der Waals surface area (Å²) in [6, 6.07) is 0. The molecule has 0 amide bonds. The summed E-state index contributed by atoms with van der Waals surface area (Å²) in [4.78, 5) is 25.1. The van der Waals surface area contributed by atoms with Gasteiger partial charge in [0.2, 0.25) is 0 Å². The Hall–Kier alpha value is -1.04. The van der Waals surface area contributed by atoms with Crippen LogP contribution in [0.1, 0.15) is 59.3 Å². The Bertz CT molecular complexity index is 699. The standard InChI is InChI=1S/C21H30O5/c1-11(22)12-5-7-21(26)14-8-16(23)15-9-17(24)18(25)10-19(15,2)13(14)4-6-20(12,21)3/h8,12-13,15,17-18,24-26H,4-7,9-10H2,1-3H3/t12-,13+,15+,17-,18+,19-,20-,21-/m1/s1. The molecule has 0 heterocycles. The number of aliphatic hydroxyl groups is 3. The predicted molar refractivity (Wildman–Crippen MR) is 95.1 cm³/mol. The molecule has 0 aromatic carbocycles. The summed E-state index contributed by atoms with van der Waals surface area (Å²) in [6.45, 7) is 5.64. The zero-order valence-corrected chi connectivity index (χ0v) is 15.9. The zero-order valence-electron chi connectivity index (χ0n) is 15.9. The van der Waals surface area contributed by atoms with Gasteiger partial charge < -0.3 is 15.3 Å². The first kappa shape index (κ1) is 18.3. The number of ketones is 2. The third-order valence-corrected chi connectivity index (χ3v) is 8.61.